The van der Waals surface area contributed by atoms with E-state index in [4.69, 9.17) is 11.6 Å². The van der Waals surface area contributed by atoms with Crippen molar-refractivity contribution in [2.45, 2.75) is 32.4 Å². The lowest BCUT2D eigenvalue weighted by molar-refractivity contribution is 0.150. The summed E-state index contributed by atoms with van der Waals surface area (Å²) in [5.74, 6) is 0. The Labute approximate surface area is 163 Å². The molecule has 3 aromatic rings. The van der Waals surface area contributed by atoms with E-state index in [1.807, 2.05) is 11.8 Å². The molecule has 0 amide bonds. The SMILES string of the molecule is C[C@H]1c2nnn(Cc3ccccc3C(F)F)c2CCN1c1cn[nH]c(=O)c1Cl. The van der Waals surface area contributed by atoms with Gasteiger partial charge in [0.05, 0.1) is 30.2 Å². The number of hydrogen-bond donors (Lipinski definition) is 1. The Kier molecular flexibility index (Phi) is 4.84. The molecule has 2 aromatic heterocycles. The smallest absolute Gasteiger partial charge is 0.285 e. The minimum Gasteiger partial charge on any atom is -0.360 e. The maximum atomic E-state index is 13.3. The summed E-state index contributed by atoms with van der Waals surface area (Å²) in [6, 6.07) is 6.24. The number of aromatic nitrogens is 5. The number of H-pyrrole nitrogens is 1. The molecule has 7 nitrogen and oxygen atoms in total. The Morgan fingerprint density at radius 1 is 1.36 bits per heavy atom. The Morgan fingerprint density at radius 2 is 2.14 bits per heavy atom. The molecule has 0 bridgehead atoms. The molecule has 1 N–H and O–H groups in total. The van der Waals surface area contributed by atoms with Crippen LogP contribution in [0.1, 0.15) is 41.9 Å². The molecule has 4 rings (SSSR count). The van der Waals surface area contributed by atoms with E-state index in [1.165, 1.54) is 12.3 Å². The van der Waals surface area contributed by atoms with E-state index in [0.717, 1.165) is 11.4 Å². The van der Waals surface area contributed by atoms with Gasteiger partial charge in [0, 0.05) is 18.5 Å². The summed E-state index contributed by atoms with van der Waals surface area (Å²) >= 11 is 6.14. The molecule has 1 aliphatic heterocycles. The number of fused-ring (bicyclic) bond motifs is 1. The Hall–Kier alpha value is -2.81. The number of nitrogens with one attached hydrogen (secondary N) is 1. The summed E-state index contributed by atoms with van der Waals surface area (Å²) in [6.07, 6.45) is -0.447. The standard InChI is InChI=1S/C18H17ClF2N6O/c1-10-16-13(6-7-26(10)14-8-22-24-18(28)15(14)19)27(25-23-16)9-11-4-2-3-5-12(11)17(20)21/h2-5,8,10,17H,6-7,9H2,1H3,(H,24,28)/t10-/m0/s1. The van der Waals surface area contributed by atoms with Gasteiger partial charge in [-0.1, -0.05) is 41.1 Å². The minimum atomic E-state index is -2.55. The summed E-state index contributed by atoms with van der Waals surface area (Å²) in [6.45, 7) is 2.73. The van der Waals surface area contributed by atoms with Crippen molar-refractivity contribution in [3.8, 4) is 0 Å². The number of alkyl halides is 2. The lowest BCUT2D eigenvalue weighted by Crippen LogP contribution is -2.36. The van der Waals surface area contributed by atoms with Crippen LogP contribution < -0.4 is 10.5 Å². The summed E-state index contributed by atoms with van der Waals surface area (Å²) in [7, 11) is 0. The second-order valence-electron chi connectivity index (χ2n) is 6.60. The zero-order valence-electron chi connectivity index (χ0n) is 14.9. The van der Waals surface area contributed by atoms with Gasteiger partial charge in [-0.25, -0.2) is 18.6 Å². The van der Waals surface area contributed by atoms with E-state index < -0.39 is 12.0 Å². The predicted molar refractivity (Wildman–Crippen MR) is 99.9 cm³/mol. The Balaban J connectivity index is 1.65. The second kappa shape index (κ2) is 7.31. The van der Waals surface area contributed by atoms with Gasteiger partial charge in [-0.2, -0.15) is 5.10 Å². The number of anilines is 1. The van der Waals surface area contributed by atoms with E-state index >= 15 is 0 Å². The molecule has 1 atom stereocenters. The number of halogens is 3. The first kappa shape index (κ1) is 18.5. The Bertz CT molecular complexity index is 1070. The molecule has 28 heavy (non-hydrogen) atoms. The molecule has 0 saturated carbocycles. The monoisotopic (exact) mass is 406 g/mol. The van der Waals surface area contributed by atoms with Gasteiger partial charge >= 0.3 is 0 Å². The van der Waals surface area contributed by atoms with Crippen LogP contribution in [-0.2, 0) is 13.0 Å². The third-order valence-electron chi connectivity index (χ3n) is 5.02. The van der Waals surface area contributed by atoms with Gasteiger partial charge in [-0.05, 0) is 12.5 Å². The molecule has 0 aliphatic carbocycles. The van der Waals surface area contributed by atoms with Gasteiger partial charge in [0.1, 0.15) is 10.7 Å². The van der Waals surface area contributed by atoms with E-state index in [0.29, 0.717) is 24.2 Å². The van der Waals surface area contributed by atoms with Crippen LogP contribution in [0.2, 0.25) is 5.02 Å². The number of rotatable bonds is 4. The van der Waals surface area contributed by atoms with Crippen molar-refractivity contribution in [2.24, 2.45) is 0 Å². The van der Waals surface area contributed by atoms with Gasteiger partial charge < -0.3 is 4.90 Å². The van der Waals surface area contributed by atoms with Crippen LogP contribution in [-0.4, -0.2) is 31.7 Å². The fourth-order valence-electron chi connectivity index (χ4n) is 3.58. The first-order valence-corrected chi connectivity index (χ1v) is 9.13. The quantitative estimate of drug-likeness (QED) is 0.720. The fourth-order valence-corrected chi connectivity index (χ4v) is 3.78. The molecule has 10 heteroatoms. The van der Waals surface area contributed by atoms with E-state index in [2.05, 4.69) is 20.5 Å². The maximum Gasteiger partial charge on any atom is 0.285 e. The first-order chi connectivity index (χ1) is 13.5. The van der Waals surface area contributed by atoms with Gasteiger partial charge in [0.25, 0.3) is 12.0 Å². The summed E-state index contributed by atoms with van der Waals surface area (Å²) in [4.78, 5) is 13.7. The number of nitrogens with zero attached hydrogens (tertiary/aromatic N) is 5. The highest BCUT2D eigenvalue weighted by atomic mass is 35.5. The molecular weight excluding hydrogens is 390 g/mol. The normalized spacial score (nSPS) is 16.5. The summed E-state index contributed by atoms with van der Waals surface area (Å²) < 4.78 is 28.2. The Morgan fingerprint density at radius 3 is 2.93 bits per heavy atom. The third-order valence-corrected chi connectivity index (χ3v) is 5.38. The van der Waals surface area contributed by atoms with Crippen molar-refractivity contribution >= 4 is 17.3 Å². The second-order valence-corrected chi connectivity index (χ2v) is 6.97. The average Bonchev–Trinajstić information content (AvgIpc) is 3.09. The summed E-state index contributed by atoms with van der Waals surface area (Å²) in [5, 5.41) is 14.7. The highest BCUT2D eigenvalue weighted by Crippen LogP contribution is 2.34. The number of aromatic amines is 1. The van der Waals surface area contributed by atoms with E-state index in [9.17, 15) is 13.6 Å². The molecule has 0 unspecified atom stereocenters. The van der Waals surface area contributed by atoms with Gasteiger partial charge in [-0.3, -0.25) is 4.79 Å². The topological polar surface area (TPSA) is 79.7 Å². The molecule has 3 heterocycles. The van der Waals surface area contributed by atoms with Crippen LogP contribution >= 0.6 is 11.6 Å². The average molecular weight is 407 g/mol. The van der Waals surface area contributed by atoms with Crippen LogP contribution in [0.4, 0.5) is 14.5 Å². The zero-order valence-corrected chi connectivity index (χ0v) is 15.7. The molecule has 0 spiro atoms. The molecule has 1 aromatic carbocycles. The molecule has 0 saturated heterocycles. The van der Waals surface area contributed by atoms with Gasteiger partial charge in [0.15, 0.2) is 0 Å². The van der Waals surface area contributed by atoms with Crippen LogP contribution in [0, 0.1) is 0 Å². The van der Waals surface area contributed by atoms with E-state index in [-0.39, 0.29) is 23.2 Å². The molecular formula is C18H17ClF2N6O. The molecule has 1 aliphatic rings. The lowest BCUT2D eigenvalue weighted by Gasteiger charge is -2.34. The maximum absolute atomic E-state index is 13.3. The van der Waals surface area contributed by atoms with Crippen LogP contribution in [0.5, 0.6) is 0 Å². The van der Waals surface area contributed by atoms with Crippen molar-refractivity contribution in [1.82, 2.24) is 25.2 Å². The van der Waals surface area contributed by atoms with Crippen molar-refractivity contribution < 1.29 is 8.78 Å². The third kappa shape index (κ3) is 3.15. The van der Waals surface area contributed by atoms with E-state index in [1.54, 1.807) is 22.9 Å². The number of benzene rings is 1. The van der Waals surface area contributed by atoms with Gasteiger partial charge in [0.2, 0.25) is 0 Å². The van der Waals surface area contributed by atoms with Gasteiger partial charge in [-0.15, -0.1) is 5.10 Å². The van der Waals surface area contributed by atoms with Crippen molar-refractivity contribution in [2.75, 3.05) is 11.4 Å². The van der Waals surface area contributed by atoms with Crippen LogP contribution in [0.3, 0.4) is 0 Å². The van der Waals surface area contributed by atoms with Crippen LogP contribution in [0.25, 0.3) is 0 Å². The molecule has 146 valence electrons. The lowest BCUT2D eigenvalue weighted by atomic mass is 10.0. The van der Waals surface area contributed by atoms with Crippen molar-refractivity contribution in [3.63, 3.8) is 0 Å². The highest BCUT2D eigenvalue weighted by Gasteiger charge is 2.31. The number of hydrogen-bond acceptors (Lipinski definition) is 5. The molecule has 0 fully saturated rings. The summed E-state index contributed by atoms with van der Waals surface area (Å²) in [5.41, 5.74) is 2.21. The zero-order chi connectivity index (χ0) is 19.8. The fraction of sp³-hybridized carbons (Fsp3) is 0.333. The van der Waals surface area contributed by atoms with Crippen LogP contribution in [0.15, 0.2) is 35.3 Å². The largest absolute Gasteiger partial charge is 0.360 e. The minimum absolute atomic E-state index is 0.00130. The highest BCUT2D eigenvalue weighted by molar-refractivity contribution is 6.33. The first-order valence-electron chi connectivity index (χ1n) is 8.75. The van der Waals surface area contributed by atoms with Crippen molar-refractivity contribution in [3.05, 3.63) is 68.4 Å². The molecule has 0 radical (unpaired) electrons. The predicted octanol–water partition coefficient (Wildman–Crippen LogP) is 3.12. The van der Waals surface area contributed by atoms with Crippen molar-refractivity contribution in [1.29, 1.82) is 0 Å².